The first kappa shape index (κ1) is 27.4. The van der Waals surface area contributed by atoms with Crippen molar-refractivity contribution in [2.75, 3.05) is 32.8 Å². The quantitative estimate of drug-likeness (QED) is 0.220. The molecule has 2 heterocycles. The number of aromatic nitrogens is 1. The molecule has 1 aliphatic rings. The van der Waals surface area contributed by atoms with E-state index >= 15 is 0 Å². The lowest BCUT2D eigenvalue weighted by atomic mass is 10.0. The molecule has 0 unspecified atom stereocenters. The molecule has 1 aromatic heterocycles. The number of carbonyl (C=O) groups is 1. The zero-order valence-electron chi connectivity index (χ0n) is 23.1. The number of fused-ring (bicyclic) bond motifs is 2. The van der Waals surface area contributed by atoms with Gasteiger partial charge in [-0.1, -0.05) is 17.8 Å². The number of methoxy groups -OCH3 is 3. The number of nitrogens with zero attached hydrogens (tertiary/aromatic N) is 2. The van der Waals surface area contributed by atoms with Crippen LogP contribution in [0.4, 0.5) is 5.69 Å². The first-order valence-electron chi connectivity index (χ1n) is 13.2. The van der Waals surface area contributed by atoms with Gasteiger partial charge < -0.3 is 24.2 Å². The van der Waals surface area contributed by atoms with Crippen LogP contribution in [-0.2, 0) is 11.3 Å². The number of hydrogen-bond acceptors (Lipinski definition) is 6. The molecule has 40 heavy (non-hydrogen) atoms. The van der Waals surface area contributed by atoms with Gasteiger partial charge in [0.15, 0.2) is 0 Å². The average molecular weight is 558 g/mol. The van der Waals surface area contributed by atoms with Crippen LogP contribution in [0, 0.1) is 0 Å². The number of benzene rings is 3. The number of pyridine rings is 1. The fraction of sp³-hybridized carbons (Fsp3) is 0.250. The number of aryl methyl sites for hydroxylation is 1. The van der Waals surface area contributed by atoms with Gasteiger partial charge in [0.2, 0.25) is 11.2 Å². The fourth-order valence-electron chi connectivity index (χ4n) is 5.08. The Morgan fingerprint density at radius 3 is 2.45 bits per heavy atom. The van der Waals surface area contributed by atoms with Crippen molar-refractivity contribution in [3.8, 4) is 28.4 Å². The van der Waals surface area contributed by atoms with E-state index in [1.165, 1.54) is 0 Å². The van der Waals surface area contributed by atoms with Gasteiger partial charge in [-0.2, -0.15) is 4.57 Å². The number of rotatable bonds is 10. The molecule has 0 aliphatic carbocycles. The predicted octanol–water partition coefficient (Wildman–Crippen LogP) is 6.62. The zero-order valence-corrected chi connectivity index (χ0v) is 24.0. The Morgan fingerprint density at radius 1 is 0.950 bits per heavy atom. The van der Waals surface area contributed by atoms with Gasteiger partial charge in [-0.05, 0) is 67.4 Å². The van der Waals surface area contributed by atoms with Crippen molar-refractivity contribution in [3.63, 3.8) is 0 Å². The predicted molar refractivity (Wildman–Crippen MR) is 159 cm³/mol. The molecule has 8 heteroatoms. The molecule has 0 radical (unpaired) electrons. The molecule has 3 aromatic carbocycles. The van der Waals surface area contributed by atoms with Gasteiger partial charge in [0, 0.05) is 41.6 Å². The number of carboxylic acids is 1. The summed E-state index contributed by atoms with van der Waals surface area (Å²) >= 11 is 1.70. The largest absolute Gasteiger partial charge is 0.497 e. The summed E-state index contributed by atoms with van der Waals surface area (Å²) in [5.74, 6) is 1.55. The molecule has 4 aromatic rings. The van der Waals surface area contributed by atoms with Gasteiger partial charge in [0.05, 0.1) is 37.4 Å². The summed E-state index contributed by atoms with van der Waals surface area (Å²) in [7, 11) is 4.99. The second kappa shape index (κ2) is 11.9. The Bertz CT molecular complexity index is 1600. The van der Waals surface area contributed by atoms with Crippen LogP contribution in [0.3, 0.4) is 0 Å². The standard InChI is InChI=1S/C32H32N2O5S/c1-5-33-23(10-8-22-17-24(37-2)11-13-27(22)33)19-31-34(16-6-7-32(35)36)28-18-21(9-15-30(28)40-31)26-20-25(38-3)12-14-29(26)39-4/h8-15,17-20H,5-7,16H2,1-4H3/p+1. The van der Waals surface area contributed by atoms with Crippen molar-refractivity contribution in [2.45, 2.75) is 31.2 Å². The third kappa shape index (κ3) is 5.45. The van der Waals surface area contributed by atoms with Crippen molar-refractivity contribution in [1.82, 2.24) is 0 Å². The zero-order chi connectivity index (χ0) is 28.2. The summed E-state index contributed by atoms with van der Waals surface area (Å²) in [5.41, 5.74) is 5.20. The Hall–Kier alpha value is -4.17. The maximum Gasteiger partial charge on any atom is 0.303 e. The normalized spacial score (nSPS) is 13.5. The van der Waals surface area contributed by atoms with E-state index in [1.807, 2.05) is 30.3 Å². The minimum atomic E-state index is -0.791. The van der Waals surface area contributed by atoms with Crippen molar-refractivity contribution >= 4 is 40.4 Å². The molecule has 0 amide bonds. The molecule has 1 N–H and O–H groups in total. The van der Waals surface area contributed by atoms with Crippen LogP contribution in [0.25, 0.3) is 28.1 Å². The highest BCUT2D eigenvalue weighted by Crippen LogP contribution is 2.49. The summed E-state index contributed by atoms with van der Waals surface area (Å²) in [6, 6.07) is 22.5. The van der Waals surface area contributed by atoms with Crippen LogP contribution < -0.4 is 23.7 Å². The van der Waals surface area contributed by atoms with Crippen molar-refractivity contribution < 1.29 is 28.7 Å². The summed E-state index contributed by atoms with van der Waals surface area (Å²) in [6.45, 7) is 3.54. The first-order chi connectivity index (χ1) is 19.4. The summed E-state index contributed by atoms with van der Waals surface area (Å²) in [4.78, 5) is 14.7. The lowest BCUT2D eigenvalue weighted by Gasteiger charge is -2.21. The van der Waals surface area contributed by atoms with Crippen LogP contribution in [-0.4, -0.2) is 38.9 Å². The first-order valence-corrected chi connectivity index (χ1v) is 14.0. The highest BCUT2D eigenvalue weighted by Gasteiger charge is 2.28. The average Bonchev–Trinajstić information content (AvgIpc) is 3.32. The molecular formula is C32H33N2O5S+. The highest BCUT2D eigenvalue weighted by atomic mass is 32.2. The molecule has 1 aliphatic heterocycles. The monoisotopic (exact) mass is 557 g/mol. The summed E-state index contributed by atoms with van der Waals surface area (Å²) in [5, 5.41) is 11.5. The second-order valence-corrected chi connectivity index (χ2v) is 10.5. The molecule has 0 saturated heterocycles. The van der Waals surface area contributed by atoms with Gasteiger partial charge in [0.1, 0.15) is 23.8 Å². The summed E-state index contributed by atoms with van der Waals surface area (Å²) in [6.07, 6.45) is 2.84. The number of aliphatic carboxylic acids is 1. The van der Waals surface area contributed by atoms with E-state index in [-0.39, 0.29) is 6.42 Å². The molecule has 0 spiro atoms. The maximum atomic E-state index is 11.3. The van der Waals surface area contributed by atoms with E-state index in [0.29, 0.717) is 13.0 Å². The second-order valence-electron chi connectivity index (χ2n) is 9.41. The molecule has 0 fully saturated rings. The molecule has 7 nitrogen and oxygen atoms in total. The van der Waals surface area contributed by atoms with E-state index < -0.39 is 5.97 Å². The molecule has 5 rings (SSSR count). The Morgan fingerprint density at radius 2 is 1.73 bits per heavy atom. The molecular weight excluding hydrogens is 524 g/mol. The molecule has 0 saturated carbocycles. The van der Waals surface area contributed by atoms with Gasteiger partial charge in [-0.15, -0.1) is 0 Å². The van der Waals surface area contributed by atoms with Crippen molar-refractivity contribution in [3.05, 3.63) is 77.5 Å². The Labute approximate surface area is 238 Å². The van der Waals surface area contributed by atoms with Crippen LogP contribution in [0.1, 0.15) is 25.5 Å². The third-order valence-corrected chi connectivity index (χ3v) is 8.19. The van der Waals surface area contributed by atoms with E-state index in [9.17, 15) is 9.90 Å². The van der Waals surface area contributed by atoms with Gasteiger partial charge in [-0.25, -0.2) is 0 Å². The number of ether oxygens (including phenoxy) is 3. The minimum absolute atomic E-state index is 0.111. The van der Waals surface area contributed by atoms with Crippen molar-refractivity contribution in [1.29, 1.82) is 0 Å². The van der Waals surface area contributed by atoms with E-state index in [0.717, 1.165) is 67.1 Å². The van der Waals surface area contributed by atoms with Crippen LogP contribution in [0.5, 0.6) is 17.2 Å². The highest BCUT2D eigenvalue weighted by molar-refractivity contribution is 8.03. The number of carboxylic acid groups (broad SMARTS) is 1. The molecule has 0 bridgehead atoms. The minimum Gasteiger partial charge on any atom is -0.497 e. The number of anilines is 1. The smallest absolute Gasteiger partial charge is 0.303 e. The van der Waals surface area contributed by atoms with E-state index in [4.69, 9.17) is 14.2 Å². The maximum absolute atomic E-state index is 11.3. The van der Waals surface area contributed by atoms with Gasteiger partial charge in [0.25, 0.3) is 0 Å². The van der Waals surface area contributed by atoms with Crippen LogP contribution in [0.2, 0.25) is 0 Å². The van der Waals surface area contributed by atoms with Crippen molar-refractivity contribution in [2.24, 2.45) is 0 Å². The van der Waals surface area contributed by atoms with Gasteiger partial charge in [-0.3, -0.25) is 4.79 Å². The Balaban J connectivity index is 1.58. The van der Waals surface area contributed by atoms with Gasteiger partial charge >= 0.3 is 5.97 Å². The lowest BCUT2D eigenvalue weighted by molar-refractivity contribution is -0.669. The number of thioether (sulfide) groups is 1. The SMILES string of the molecule is CC[n+]1c(C=C2Sc3ccc(-c4cc(OC)ccc4OC)cc3N2CCCC(=O)O)ccc2cc(OC)ccc21. The molecule has 0 atom stereocenters. The lowest BCUT2D eigenvalue weighted by Crippen LogP contribution is -2.37. The topological polar surface area (TPSA) is 72.1 Å². The Kier molecular flexibility index (Phi) is 8.16. The number of hydrogen-bond donors (Lipinski definition) is 1. The summed E-state index contributed by atoms with van der Waals surface area (Å²) < 4.78 is 18.8. The van der Waals surface area contributed by atoms with E-state index in [1.54, 1.807) is 33.1 Å². The van der Waals surface area contributed by atoms with Crippen LogP contribution in [0.15, 0.2) is 76.7 Å². The van der Waals surface area contributed by atoms with Crippen LogP contribution >= 0.6 is 11.8 Å². The van der Waals surface area contributed by atoms with E-state index in [2.05, 4.69) is 58.9 Å². The fourth-order valence-corrected chi connectivity index (χ4v) is 6.20. The third-order valence-electron chi connectivity index (χ3n) is 7.08. The molecule has 206 valence electrons.